The van der Waals surface area contributed by atoms with E-state index in [4.69, 9.17) is 11.6 Å². The first-order valence-electron chi connectivity index (χ1n) is 8.40. The smallest absolute Gasteiger partial charge is 0.241 e. The minimum atomic E-state index is -3.62. The van der Waals surface area contributed by atoms with Crippen molar-refractivity contribution in [1.29, 1.82) is 0 Å². The van der Waals surface area contributed by atoms with Crippen LogP contribution in [-0.2, 0) is 21.4 Å². The number of benzene rings is 2. The van der Waals surface area contributed by atoms with Crippen LogP contribution in [0.15, 0.2) is 67.3 Å². The zero-order chi connectivity index (χ0) is 20.1. The van der Waals surface area contributed by atoms with Crippen LogP contribution in [0.3, 0.4) is 0 Å². The largest absolute Gasteiger partial charge is 0.350 e. The maximum atomic E-state index is 12.3. The average molecular weight is 419 g/mol. The molecule has 28 heavy (non-hydrogen) atoms. The second-order valence-corrected chi connectivity index (χ2v) is 8.50. The number of amides is 1. The number of carbonyl (C=O) groups excluding carboxylic acids is 1. The van der Waals surface area contributed by atoms with Crippen LogP contribution in [0.2, 0.25) is 5.02 Å². The third kappa shape index (κ3) is 5.11. The Balaban J connectivity index is 1.62. The van der Waals surface area contributed by atoms with Gasteiger partial charge in [0.2, 0.25) is 15.9 Å². The number of halogens is 1. The lowest BCUT2D eigenvalue weighted by Gasteiger charge is -2.22. The minimum absolute atomic E-state index is 0.293. The molecule has 1 N–H and O–H groups in total. The molecule has 2 aromatic carbocycles. The lowest BCUT2D eigenvalue weighted by molar-refractivity contribution is -0.119. The van der Waals surface area contributed by atoms with Crippen LogP contribution in [0, 0.1) is 0 Å². The molecule has 1 heterocycles. The van der Waals surface area contributed by atoms with E-state index in [1.165, 1.54) is 0 Å². The maximum absolute atomic E-state index is 12.3. The highest BCUT2D eigenvalue weighted by Crippen LogP contribution is 2.20. The van der Waals surface area contributed by atoms with E-state index in [1.807, 2.05) is 35.0 Å². The maximum Gasteiger partial charge on any atom is 0.241 e. The first-order chi connectivity index (χ1) is 13.3. The zero-order valence-electron chi connectivity index (χ0n) is 15.1. The van der Waals surface area contributed by atoms with Crippen molar-refractivity contribution in [2.24, 2.45) is 0 Å². The van der Waals surface area contributed by atoms with E-state index in [1.54, 1.807) is 36.8 Å². The molecule has 9 heteroatoms. The second kappa shape index (κ2) is 8.45. The Hall–Kier alpha value is -2.84. The van der Waals surface area contributed by atoms with E-state index in [9.17, 15) is 13.2 Å². The summed E-state index contributed by atoms with van der Waals surface area (Å²) in [6.07, 6.45) is 6.30. The van der Waals surface area contributed by atoms with Gasteiger partial charge in [-0.3, -0.25) is 9.10 Å². The molecule has 0 radical (unpaired) electrons. The first-order valence-corrected chi connectivity index (χ1v) is 10.6. The van der Waals surface area contributed by atoms with Crippen molar-refractivity contribution in [3.63, 3.8) is 0 Å². The molecule has 146 valence electrons. The van der Waals surface area contributed by atoms with Crippen LogP contribution >= 0.6 is 11.6 Å². The molecule has 0 aliphatic carbocycles. The number of imidazole rings is 1. The van der Waals surface area contributed by atoms with Crippen molar-refractivity contribution >= 4 is 33.2 Å². The van der Waals surface area contributed by atoms with Crippen LogP contribution in [0.4, 0.5) is 5.69 Å². The molecule has 0 unspecified atom stereocenters. The molecule has 0 atom stereocenters. The topological polar surface area (TPSA) is 84.3 Å². The van der Waals surface area contributed by atoms with E-state index < -0.39 is 15.9 Å². The van der Waals surface area contributed by atoms with Gasteiger partial charge in [-0.05, 0) is 42.0 Å². The molecule has 0 aliphatic heterocycles. The second-order valence-electron chi connectivity index (χ2n) is 6.16. The molecular formula is C19H19ClN4O3S. The van der Waals surface area contributed by atoms with Gasteiger partial charge in [0, 0.05) is 29.6 Å². The highest BCUT2D eigenvalue weighted by atomic mass is 35.5. The lowest BCUT2D eigenvalue weighted by Crippen LogP contribution is -2.40. The van der Waals surface area contributed by atoms with Gasteiger partial charge in [0.1, 0.15) is 6.54 Å². The number of rotatable bonds is 7. The SMILES string of the molecule is CS(=O)(=O)N(CC(=O)NCc1ccc(-n2ccnc2)cc1)c1ccc(Cl)cc1. The molecule has 0 bridgehead atoms. The Kier molecular flexibility index (Phi) is 6.01. The summed E-state index contributed by atoms with van der Waals surface area (Å²) in [5, 5.41) is 3.23. The predicted octanol–water partition coefficient (Wildman–Crippen LogP) is 2.61. The fraction of sp³-hybridized carbons (Fsp3) is 0.158. The number of sulfonamides is 1. The Labute approximate surface area is 168 Å². The van der Waals surface area contributed by atoms with Gasteiger partial charge in [0.25, 0.3) is 0 Å². The Morgan fingerprint density at radius 3 is 2.39 bits per heavy atom. The quantitative estimate of drug-likeness (QED) is 0.639. The van der Waals surface area contributed by atoms with Gasteiger partial charge in [-0.15, -0.1) is 0 Å². The molecular weight excluding hydrogens is 400 g/mol. The van der Waals surface area contributed by atoms with Crippen molar-refractivity contribution in [2.75, 3.05) is 17.1 Å². The summed E-state index contributed by atoms with van der Waals surface area (Å²) in [4.78, 5) is 16.3. The molecule has 0 fully saturated rings. The van der Waals surface area contributed by atoms with E-state index in [0.29, 0.717) is 17.3 Å². The van der Waals surface area contributed by atoms with Gasteiger partial charge in [0.05, 0.1) is 18.3 Å². The van der Waals surface area contributed by atoms with Crippen molar-refractivity contribution in [2.45, 2.75) is 6.54 Å². The van der Waals surface area contributed by atoms with Crippen molar-refractivity contribution < 1.29 is 13.2 Å². The predicted molar refractivity (Wildman–Crippen MR) is 109 cm³/mol. The van der Waals surface area contributed by atoms with Gasteiger partial charge in [0.15, 0.2) is 0 Å². The van der Waals surface area contributed by atoms with Crippen molar-refractivity contribution in [3.8, 4) is 5.69 Å². The van der Waals surface area contributed by atoms with Gasteiger partial charge >= 0.3 is 0 Å². The van der Waals surface area contributed by atoms with Crippen molar-refractivity contribution in [3.05, 3.63) is 77.8 Å². The summed E-state index contributed by atoms with van der Waals surface area (Å²) in [6.45, 7) is -0.0190. The first kappa shape index (κ1) is 19.9. The van der Waals surface area contributed by atoms with Crippen molar-refractivity contribution in [1.82, 2.24) is 14.9 Å². The van der Waals surface area contributed by atoms with Crippen LogP contribution < -0.4 is 9.62 Å². The van der Waals surface area contributed by atoms with E-state index in [2.05, 4.69) is 10.3 Å². The molecule has 0 aliphatic rings. The van der Waals surface area contributed by atoms with Gasteiger partial charge in [-0.25, -0.2) is 13.4 Å². The number of aromatic nitrogens is 2. The zero-order valence-corrected chi connectivity index (χ0v) is 16.7. The van der Waals surface area contributed by atoms with Crippen LogP contribution in [-0.4, -0.2) is 36.7 Å². The monoisotopic (exact) mass is 418 g/mol. The van der Waals surface area contributed by atoms with Crippen LogP contribution in [0.25, 0.3) is 5.69 Å². The Bertz CT molecular complexity index is 1030. The average Bonchev–Trinajstić information content (AvgIpc) is 3.20. The number of carbonyl (C=O) groups is 1. The highest BCUT2D eigenvalue weighted by molar-refractivity contribution is 7.92. The summed E-state index contributed by atoms with van der Waals surface area (Å²) in [6, 6.07) is 13.9. The number of hydrogen-bond donors (Lipinski definition) is 1. The molecule has 0 saturated heterocycles. The van der Waals surface area contributed by atoms with Gasteiger partial charge in [-0.1, -0.05) is 23.7 Å². The van der Waals surface area contributed by atoms with E-state index in [-0.39, 0.29) is 6.54 Å². The summed E-state index contributed by atoms with van der Waals surface area (Å²) < 4.78 is 27.1. The Morgan fingerprint density at radius 1 is 1.14 bits per heavy atom. The molecule has 0 spiro atoms. The summed E-state index contributed by atoms with van der Waals surface area (Å²) in [5.74, 6) is -0.404. The van der Waals surface area contributed by atoms with Crippen LogP contribution in [0.1, 0.15) is 5.56 Å². The van der Waals surface area contributed by atoms with Gasteiger partial charge < -0.3 is 9.88 Å². The fourth-order valence-corrected chi connectivity index (χ4v) is 3.57. The van der Waals surface area contributed by atoms with E-state index in [0.717, 1.165) is 21.8 Å². The molecule has 1 aromatic heterocycles. The molecule has 7 nitrogen and oxygen atoms in total. The van der Waals surface area contributed by atoms with Crippen LogP contribution in [0.5, 0.6) is 0 Å². The summed E-state index contributed by atoms with van der Waals surface area (Å²) >= 11 is 5.85. The molecule has 3 rings (SSSR count). The van der Waals surface area contributed by atoms with E-state index >= 15 is 0 Å². The standard InChI is InChI=1S/C19H19ClN4O3S/c1-28(26,27)24(18-8-4-16(20)5-9-18)13-19(25)22-12-15-2-6-17(7-3-15)23-11-10-21-14-23/h2-11,14H,12-13H2,1H3,(H,22,25). The summed E-state index contributed by atoms with van der Waals surface area (Å²) in [7, 11) is -3.62. The third-order valence-corrected chi connectivity index (χ3v) is 5.42. The fourth-order valence-electron chi connectivity index (χ4n) is 2.59. The Morgan fingerprint density at radius 2 is 1.82 bits per heavy atom. The third-order valence-electron chi connectivity index (χ3n) is 4.03. The highest BCUT2D eigenvalue weighted by Gasteiger charge is 2.20. The lowest BCUT2D eigenvalue weighted by atomic mass is 10.2. The number of anilines is 1. The molecule has 1 amide bonds. The van der Waals surface area contributed by atoms with Gasteiger partial charge in [-0.2, -0.15) is 0 Å². The summed E-state index contributed by atoms with van der Waals surface area (Å²) in [5.41, 5.74) is 2.24. The molecule has 0 saturated carbocycles. The minimum Gasteiger partial charge on any atom is -0.350 e. The number of nitrogens with one attached hydrogen (secondary N) is 1. The normalized spacial score (nSPS) is 11.2. The molecule has 3 aromatic rings. The number of nitrogens with zero attached hydrogens (tertiary/aromatic N) is 3. The number of hydrogen-bond acceptors (Lipinski definition) is 4.